The van der Waals surface area contributed by atoms with Crippen molar-refractivity contribution in [2.24, 2.45) is 0 Å². The third-order valence-corrected chi connectivity index (χ3v) is 2.29. The van der Waals surface area contributed by atoms with E-state index in [0.29, 0.717) is 6.42 Å². The van der Waals surface area contributed by atoms with Crippen LogP contribution in [0.25, 0.3) is 0 Å². The van der Waals surface area contributed by atoms with Gasteiger partial charge in [-0.2, -0.15) is 0 Å². The number of hydrogen-bond acceptors (Lipinski definition) is 3. The highest BCUT2D eigenvalue weighted by molar-refractivity contribution is 5.89. The number of amides is 1. The molecule has 1 atom stereocenters. The van der Waals surface area contributed by atoms with Gasteiger partial charge in [0.05, 0.1) is 7.11 Å². The van der Waals surface area contributed by atoms with Crippen molar-refractivity contribution in [3.8, 4) is 0 Å². The Hall–Kier alpha value is -1.32. The Morgan fingerprint density at radius 3 is 2.64 bits per heavy atom. The lowest BCUT2D eigenvalue weighted by Crippen LogP contribution is -2.53. The third-order valence-electron chi connectivity index (χ3n) is 2.29. The Kier molecular flexibility index (Phi) is 3.28. The zero-order chi connectivity index (χ0) is 10.6. The summed E-state index contributed by atoms with van der Waals surface area (Å²) in [4.78, 5) is 22.5. The molecule has 0 aromatic rings. The van der Waals surface area contributed by atoms with Crippen molar-refractivity contribution in [3.63, 3.8) is 0 Å². The minimum atomic E-state index is -0.932. The zero-order valence-corrected chi connectivity index (χ0v) is 8.50. The first kappa shape index (κ1) is 10.8. The average molecular weight is 197 g/mol. The van der Waals surface area contributed by atoms with Gasteiger partial charge >= 0.3 is 5.97 Å². The predicted octanol–water partition coefficient (Wildman–Crippen LogP) is 0.774. The van der Waals surface area contributed by atoms with Crippen LogP contribution in [0.2, 0.25) is 0 Å². The minimum Gasteiger partial charge on any atom is -0.467 e. The highest BCUT2D eigenvalue weighted by atomic mass is 16.5. The molecule has 14 heavy (non-hydrogen) atoms. The van der Waals surface area contributed by atoms with Crippen molar-refractivity contribution in [3.05, 3.63) is 12.2 Å². The largest absolute Gasteiger partial charge is 0.467 e. The lowest BCUT2D eigenvalue weighted by Gasteiger charge is -2.30. The molecule has 0 heterocycles. The monoisotopic (exact) mass is 197 g/mol. The van der Waals surface area contributed by atoms with E-state index in [0.717, 1.165) is 12.8 Å². The average Bonchev–Trinajstić information content (AvgIpc) is 2.17. The number of allylic oxidation sites excluding steroid dienone is 1. The van der Waals surface area contributed by atoms with Crippen LogP contribution in [-0.2, 0) is 14.3 Å². The van der Waals surface area contributed by atoms with Gasteiger partial charge in [-0.05, 0) is 19.3 Å². The summed E-state index contributed by atoms with van der Waals surface area (Å²) in [5.74, 6) is -0.620. The number of esters is 1. The van der Waals surface area contributed by atoms with E-state index in [4.69, 9.17) is 0 Å². The van der Waals surface area contributed by atoms with E-state index in [9.17, 15) is 9.59 Å². The van der Waals surface area contributed by atoms with Crippen LogP contribution in [0.5, 0.6) is 0 Å². The fraction of sp³-hybridized carbons (Fsp3) is 0.600. The number of methoxy groups -OCH3 is 1. The number of nitrogens with one attached hydrogen (secondary N) is 1. The SMILES string of the molecule is COC(=O)C1(NC(C)=O)C=CCCC1. The van der Waals surface area contributed by atoms with E-state index in [1.807, 2.05) is 6.08 Å². The van der Waals surface area contributed by atoms with Crippen LogP contribution in [0.15, 0.2) is 12.2 Å². The van der Waals surface area contributed by atoms with Gasteiger partial charge in [0.15, 0.2) is 5.54 Å². The Balaban J connectivity index is 2.88. The summed E-state index contributed by atoms with van der Waals surface area (Å²) in [6, 6.07) is 0. The van der Waals surface area contributed by atoms with Gasteiger partial charge < -0.3 is 10.1 Å². The maximum atomic E-state index is 11.5. The third kappa shape index (κ3) is 2.13. The highest BCUT2D eigenvalue weighted by Crippen LogP contribution is 2.23. The van der Waals surface area contributed by atoms with Crippen molar-refractivity contribution in [2.75, 3.05) is 7.11 Å². The van der Waals surface area contributed by atoms with Crippen LogP contribution in [0, 0.1) is 0 Å². The second kappa shape index (κ2) is 4.26. The maximum Gasteiger partial charge on any atom is 0.335 e. The summed E-state index contributed by atoms with van der Waals surface area (Å²) in [6.45, 7) is 1.40. The Morgan fingerprint density at radius 1 is 1.50 bits per heavy atom. The van der Waals surface area contributed by atoms with E-state index in [-0.39, 0.29) is 5.91 Å². The van der Waals surface area contributed by atoms with Crippen molar-refractivity contribution >= 4 is 11.9 Å². The quantitative estimate of drug-likeness (QED) is 0.525. The molecule has 1 aliphatic carbocycles. The van der Waals surface area contributed by atoms with E-state index in [1.165, 1.54) is 14.0 Å². The molecule has 0 fully saturated rings. The molecular weight excluding hydrogens is 182 g/mol. The Bertz CT molecular complexity index is 273. The Morgan fingerprint density at radius 2 is 2.21 bits per heavy atom. The normalized spacial score (nSPS) is 25.6. The van der Waals surface area contributed by atoms with Gasteiger partial charge in [0.1, 0.15) is 0 Å². The molecule has 1 unspecified atom stereocenters. The van der Waals surface area contributed by atoms with Gasteiger partial charge in [0.2, 0.25) is 5.91 Å². The summed E-state index contributed by atoms with van der Waals surface area (Å²) in [6.07, 6.45) is 6.06. The maximum absolute atomic E-state index is 11.5. The molecular formula is C10H15NO3. The van der Waals surface area contributed by atoms with Gasteiger partial charge in [-0.15, -0.1) is 0 Å². The number of carbonyl (C=O) groups is 2. The van der Waals surface area contributed by atoms with E-state index >= 15 is 0 Å². The lowest BCUT2D eigenvalue weighted by atomic mass is 9.87. The van der Waals surface area contributed by atoms with Crippen LogP contribution < -0.4 is 5.32 Å². The Labute approximate surface area is 83.3 Å². The first-order chi connectivity index (χ1) is 6.60. The van der Waals surface area contributed by atoms with Crippen LogP contribution in [0.1, 0.15) is 26.2 Å². The zero-order valence-electron chi connectivity index (χ0n) is 8.50. The van der Waals surface area contributed by atoms with Gasteiger partial charge in [-0.3, -0.25) is 4.79 Å². The standard InChI is InChI=1S/C10H15NO3/c1-8(12)11-10(9(13)14-2)6-4-3-5-7-10/h4,6H,3,5,7H2,1-2H3,(H,11,12). The second-order valence-corrected chi connectivity index (χ2v) is 3.44. The van der Waals surface area contributed by atoms with Gasteiger partial charge in [-0.25, -0.2) is 4.79 Å². The molecule has 1 rings (SSSR count). The fourth-order valence-electron chi connectivity index (χ4n) is 1.69. The summed E-state index contributed by atoms with van der Waals surface area (Å²) in [5, 5.41) is 2.65. The van der Waals surface area contributed by atoms with Crippen LogP contribution in [0.4, 0.5) is 0 Å². The fourth-order valence-corrected chi connectivity index (χ4v) is 1.69. The van der Waals surface area contributed by atoms with Crippen molar-refractivity contribution < 1.29 is 14.3 Å². The molecule has 0 radical (unpaired) electrons. The minimum absolute atomic E-state index is 0.220. The molecule has 0 aromatic heterocycles. The number of carbonyl (C=O) groups excluding carboxylic acids is 2. The molecule has 0 bridgehead atoms. The van der Waals surface area contributed by atoms with E-state index in [1.54, 1.807) is 6.08 Å². The van der Waals surface area contributed by atoms with E-state index in [2.05, 4.69) is 10.1 Å². The predicted molar refractivity (Wildman–Crippen MR) is 51.6 cm³/mol. The number of hydrogen-bond donors (Lipinski definition) is 1. The summed E-state index contributed by atoms with van der Waals surface area (Å²) < 4.78 is 4.69. The summed E-state index contributed by atoms with van der Waals surface area (Å²) >= 11 is 0. The topological polar surface area (TPSA) is 55.4 Å². The molecule has 78 valence electrons. The van der Waals surface area contributed by atoms with Gasteiger partial charge in [0.25, 0.3) is 0 Å². The van der Waals surface area contributed by atoms with Gasteiger partial charge in [0, 0.05) is 6.92 Å². The molecule has 0 aromatic carbocycles. The van der Waals surface area contributed by atoms with Crippen molar-refractivity contribution in [1.29, 1.82) is 0 Å². The smallest absolute Gasteiger partial charge is 0.335 e. The molecule has 0 spiro atoms. The van der Waals surface area contributed by atoms with Crippen molar-refractivity contribution in [1.82, 2.24) is 5.32 Å². The first-order valence-corrected chi connectivity index (χ1v) is 4.65. The summed E-state index contributed by atoms with van der Waals surface area (Å²) in [5.41, 5.74) is -0.932. The van der Waals surface area contributed by atoms with Crippen molar-refractivity contribution in [2.45, 2.75) is 31.7 Å². The number of rotatable bonds is 2. The molecule has 4 heteroatoms. The molecule has 0 aliphatic heterocycles. The molecule has 0 saturated carbocycles. The molecule has 1 N–H and O–H groups in total. The highest BCUT2D eigenvalue weighted by Gasteiger charge is 2.38. The lowest BCUT2D eigenvalue weighted by molar-refractivity contribution is -0.149. The molecule has 4 nitrogen and oxygen atoms in total. The number of ether oxygens (including phenoxy) is 1. The molecule has 0 saturated heterocycles. The first-order valence-electron chi connectivity index (χ1n) is 4.65. The molecule has 1 amide bonds. The van der Waals surface area contributed by atoms with Crippen LogP contribution >= 0.6 is 0 Å². The van der Waals surface area contributed by atoms with Crippen LogP contribution in [0.3, 0.4) is 0 Å². The molecule has 1 aliphatic rings. The van der Waals surface area contributed by atoms with E-state index < -0.39 is 11.5 Å². The van der Waals surface area contributed by atoms with Crippen LogP contribution in [-0.4, -0.2) is 24.5 Å². The van der Waals surface area contributed by atoms with Gasteiger partial charge in [-0.1, -0.05) is 12.2 Å². The second-order valence-electron chi connectivity index (χ2n) is 3.44. The summed E-state index contributed by atoms with van der Waals surface area (Å²) in [7, 11) is 1.33.